The van der Waals surface area contributed by atoms with E-state index in [0.717, 1.165) is 0 Å². The molecular weight excluding hydrogens is 278 g/mol. The largest absolute Gasteiger partial charge is 0.394 e. The number of aliphatic hydroxyl groups excluding tert-OH is 2. The highest BCUT2D eigenvalue weighted by Gasteiger charge is 2.35. The first-order valence-corrected chi connectivity index (χ1v) is 6.55. The normalized spacial score (nSPS) is 26.1. The number of imidazole rings is 2. The lowest BCUT2D eigenvalue weighted by Gasteiger charge is -2.13. The maximum atomic E-state index is 12.3. The van der Waals surface area contributed by atoms with E-state index in [1.54, 1.807) is 10.8 Å². The summed E-state index contributed by atoms with van der Waals surface area (Å²) in [5.74, 6) is 0.409. The summed E-state index contributed by atoms with van der Waals surface area (Å²) in [4.78, 5) is 23.5. The van der Waals surface area contributed by atoms with E-state index in [-0.39, 0.29) is 17.7 Å². The first-order chi connectivity index (χ1) is 10.2. The van der Waals surface area contributed by atoms with Gasteiger partial charge in [0.05, 0.1) is 19.0 Å². The van der Waals surface area contributed by atoms with Crippen molar-refractivity contribution in [2.75, 3.05) is 6.61 Å². The van der Waals surface area contributed by atoms with Gasteiger partial charge in [0.15, 0.2) is 5.52 Å². The van der Waals surface area contributed by atoms with E-state index in [4.69, 9.17) is 9.84 Å². The van der Waals surface area contributed by atoms with E-state index in [1.165, 1.54) is 16.9 Å². The van der Waals surface area contributed by atoms with Crippen molar-refractivity contribution in [1.29, 1.82) is 0 Å². The number of H-pyrrole nitrogens is 1. The van der Waals surface area contributed by atoms with Crippen LogP contribution in [0.5, 0.6) is 0 Å². The topological polar surface area (TPSA) is 118 Å². The van der Waals surface area contributed by atoms with Crippen LogP contribution in [0, 0.1) is 0 Å². The highest BCUT2D eigenvalue weighted by atomic mass is 16.5. The van der Waals surface area contributed by atoms with Crippen molar-refractivity contribution in [3.8, 4) is 0 Å². The van der Waals surface area contributed by atoms with Crippen LogP contribution >= 0.6 is 0 Å². The predicted octanol–water partition coefficient (Wildman–Crippen LogP) is -0.987. The Bertz CT molecular complexity index is 865. The van der Waals surface area contributed by atoms with Gasteiger partial charge in [-0.15, -0.1) is 0 Å². The monoisotopic (exact) mass is 291 g/mol. The SMILES string of the molecule is O=c1c2ncn([C@@H]3C[C@H](O)[C@@H](CO)O3)c2[nH]c2nccn12. The summed E-state index contributed by atoms with van der Waals surface area (Å²) >= 11 is 0. The molecule has 1 aliphatic heterocycles. The molecule has 1 aliphatic rings. The molecule has 3 aromatic heterocycles. The maximum absolute atomic E-state index is 12.3. The molecule has 9 nitrogen and oxygen atoms in total. The van der Waals surface area contributed by atoms with Crippen LogP contribution in [0.2, 0.25) is 0 Å². The van der Waals surface area contributed by atoms with Gasteiger partial charge in [0, 0.05) is 18.8 Å². The lowest BCUT2D eigenvalue weighted by Crippen LogP contribution is -2.24. The number of nitrogens with one attached hydrogen (secondary N) is 1. The van der Waals surface area contributed by atoms with Crippen LogP contribution in [-0.4, -0.2) is 52.9 Å². The van der Waals surface area contributed by atoms with Crippen molar-refractivity contribution in [3.05, 3.63) is 29.1 Å². The molecular formula is C12H13N5O4. The summed E-state index contributed by atoms with van der Waals surface area (Å²) in [6.45, 7) is -0.259. The third-order valence-corrected chi connectivity index (χ3v) is 3.78. The van der Waals surface area contributed by atoms with Crippen LogP contribution in [-0.2, 0) is 4.74 Å². The van der Waals surface area contributed by atoms with Crippen molar-refractivity contribution in [3.63, 3.8) is 0 Å². The number of hydrogen-bond donors (Lipinski definition) is 3. The lowest BCUT2D eigenvalue weighted by molar-refractivity contribution is -0.0432. The Morgan fingerprint density at radius 2 is 2.33 bits per heavy atom. The molecule has 0 bridgehead atoms. The molecule has 4 heterocycles. The van der Waals surface area contributed by atoms with Gasteiger partial charge in [-0.1, -0.05) is 0 Å². The second-order valence-corrected chi connectivity index (χ2v) is 5.01. The molecule has 0 aromatic carbocycles. The minimum absolute atomic E-state index is 0.259. The number of fused-ring (bicyclic) bond motifs is 2. The maximum Gasteiger partial charge on any atom is 0.287 e. The highest BCUT2D eigenvalue weighted by Crippen LogP contribution is 2.30. The molecule has 1 saturated heterocycles. The first kappa shape index (κ1) is 12.5. The summed E-state index contributed by atoms with van der Waals surface area (Å²) < 4.78 is 8.60. The smallest absolute Gasteiger partial charge is 0.287 e. The zero-order valence-corrected chi connectivity index (χ0v) is 10.9. The van der Waals surface area contributed by atoms with Crippen molar-refractivity contribution < 1.29 is 14.9 Å². The molecule has 0 radical (unpaired) electrons. The van der Waals surface area contributed by atoms with E-state index >= 15 is 0 Å². The second kappa shape index (κ2) is 4.38. The number of aromatic amines is 1. The molecule has 4 rings (SSSR count). The Hall–Kier alpha value is -2.23. The zero-order chi connectivity index (χ0) is 14.6. The van der Waals surface area contributed by atoms with E-state index < -0.39 is 18.4 Å². The molecule has 0 amide bonds. The molecule has 3 N–H and O–H groups in total. The van der Waals surface area contributed by atoms with Crippen molar-refractivity contribution in [1.82, 2.24) is 23.9 Å². The number of hydrogen-bond acceptors (Lipinski definition) is 6. The summed E-state index contributed by atoms with van der Waals surface area (Å²) in [6.07, 6.45) is 3.01. The van der Waals surface area contributed by atoms with Crippen molar-refractivity contribution >= 4 is 16.9 Å². The Balaban J connectivity index is 1.87. The van der Waals surface area contributed by atoms with Crippen molar-refractivity contribution in [2.45, 2.75) is 24.9 Å². The molecule has 0 spiro atoms. The summed E-state index contributed by atoms with van der Waals surface area (Å²) in [5, 5.41) is 19.0. The van der Waals surface area contributed by atoms with Gasteiger partial charge in [-0.25, -0.2) is 14.4 Å². The molecule has 110 valence electrons. The van der Waals surface area contributed by atoms with Crippen LogP contribution in [0.1, 0.15) is 12.6 Å². The molecule has 0 aliphatic carbocycles. The fraction of sp³-hybridized carbons (Fsp3) is 0.417. The number of nitrogens with zero attached hydrogens (tertiary/aromatic N) is 4. The number of rotatable bonds is 2. The van der Waals surface area contributed by atoms with Gasteiger partial charge in [0.1, 0.15) is 18.0 Å². The summed E-state index contributed by atoms with van der Waals surface area (Å²) in [7, 11) is 0. The zero-order valence-electron chi connectivity index (χ0n) is 10.9. The number of aliphatic hydroxyl groups is 2. The van der Waals surface area contributed by atoms with E-state index in [1.807, 2.05) is 0 Å². The van der Waals surface area contributed by atoms with Crippen molar-refractivity contribution in [2.24, 2.45) is 0 Å². The summed E-state index contributed by atoms with van der Waals surface area (Å²) in [5.41, 5.74) is 0.479. The minimum Gasteiger partial charge on any atom is -0.394 e. The Morgan fingerprint density at radius 1 is 1.48 bits per heavy atom. The van der Waals surface area contributed by atoms with E-state index in [9.17, 15) is 9.90 Å². The summed E-state index contributed by atoms with van der Waals surface area (Å²) in [6, 6.07) is 0. The third kappa shape index (κ3) is 1.71. The van der Waals surface area contributed by atoms with Gasteiger partial charge >= 0.3 is 0 Å². The van der Waals surface area contributed by atoms with Crippen LogP contribution in [0.25, 0.3) is 16.9 Å². The quantitative estimate of drug-likeness (QED) is 0.558. The average molecular weight is 291 g/mol. The third-order valence-electron chi connectivity index (χ3n) is 3.78. The lowest BCUT2D eigenvalue weighted by atomic mass is 10.2. The number of aromatic nitrogens is 5. The Morgan fingerprint density at radius 3 is 3.10 bits per heavy atom. The Labute approximate surface area is 117 Å². The van der Waals surface area contributed by atoms with E-state index in [2.05, 4.69) is 15.0 Å². The van der Waals surface area contributed by atoms with Gasteiger partial charge in [-0.3, -0.25) is 9.36 Å². The van der Waals surface area contributed by atoms with Crippen LogP contribution < -0.4 is 5.56 Å². The fourth-order valence-corrected chi connectivity index (χ4v) is 2.69. The standard InChI is InChI=1S/C12H13N5O4/c18-4-7-6(19)3-8(21-7)17-5-14-9-10(17)15-12-13-1-2-16(12)11(9)20/h1-2,5-8,18-19H,3-4H2,(H,13,15)/t6-,7+,8-/m0/s1. The molecule has 9 heteroatoms. The Kier molecular flexibility index (Phi) is 2.61. The minimum atomic E-state index is -0.751. The molecule has 1 fully saturated rings. The van der Waals surface area contributed by atoms with Gasteiger partial charge in [0.2, 0.25) is 5.78 Å². The highest BCUT2D eigenvalue weighted by molar-refractivity contribution is 5.71. The molecule has 3 atom stereocenters. The first-order valence-electron chi connectivity index (χ1n) is 6.55. The predicted molar refractivity (Wildman–Crippen MR) is 70.7 cm³/mol. The molecule has 0 saturated carbocycles. The molecule has 0 unspecified atom stereocenters. The van der Waals surface area contributed by atoms with Crippen LogP contribution in [0.3, 0.4) is 0 Å². The molecule has 3 aromatic rings. The van der Waals surface area contributed by atoms with Crippen LogP contribution in [0.15, 0.2) is 23.5 Å². The van der Waals surface area contributed by atoms with Gasteiger partial charge in [0.25, 0.3) is 5.56 Å². The average Bonchev–Trinajstić information content (AvgIpc) is 3.16. The van der Waals surface area contributed by atoms with Gasteiger partial charge in [-0.2, -0.15) is 0 Å². The van der Waals surface area contributed by atoms with Gasteiger partial charge < -0.3 is 19.9 Å². The molecule has 21 heavy (non-hydrogen) atoms. The fourth-order valence-electron chi connectivity index (χ4n) is 2.69. The van der Waals surface area contributed by atoms with E-state index in [0.29, 0.717) is 17.8 Å². The number of ether oxygens (including phenoxy) is 1. The second-order valence-electron chi connectivity index (χ2n) is 5.01. The van der Waals surface area contributed by atoms with Crippen LogP contribution in [0.4, 0.5) is 0 Å². The van der Waals surface area contributed by atoms with Gasteiger partial charge in [-0.05, 0) is 0 Å².